The Morgan fingerprint density at radius 2 is 1.74 bits per heavy atom. The summed E-state index contributed by atoms with van der Waals surface area (Å²) >= 11 is 0. The van der Waals surface area contributed by atoms with Gasteiger partial charge in [-0.05, 0) is 25.5 Å². The summed E-state index contributed by atoms with van der Waals surface area (Å²) in [5.41, 5.74) is 4.16. The van der Waals surface area contributed by atoms with Gasteiger partial charge in [-0.2, -0.15) is 0 Å². The molecule has 2 aromatic carbocycles. The van der Waals surface area contributed by atoms with E-state index in [4.69, 9.17) is 0 Å². The van der Waals surface area contributed by atoms with E-state index in [1.165, 1.54) is 5.56 Å². The van der Waals surface area contributed by atoms with Crippen molar-refractivity contribution in [1.82, 2.24) is 0 Å². The molecule has 0 saturated heterocycles. The minimum absolute atomic E-state index is 0.0843. The Kier molecular flexibility index (Phi) is 2.86. The number of rotatable bonds is 2. The summed E-state index contributed by atoms with van der Waals surface area (Å²) in [6, 6.07) is 16.0. The highest BCUT2D eigenvalue weighted by Crippen LogP contribution is 2.37. The molecule has 2 unspecified atom stereocenters. The fourth-order valence-corrected chi connectivity index (χ4v) is 2.76. The largest absolute Gasteiger partial charge is 0.381 e. The van der Waals surface area contributed by atoms with Gasteiger partial charge in [0.2, 0.25) is 0 Å². The molecule has 0 aromatic heterocycles. The van der Waals surface area contributed by atoms with Gasteiger partial charge < -0.3 is 5.32 Å². The number of carbonyl (C=O) groups is 1. The van der Waals surface area contributed by atoms with Gasteiger partial charge in [0.05, 0.1) is 5.92 Å². The van der Waals surface area contributed by atoms with Crippen molar-refractivity contribution in [3.05, 3.63) is 65.2 Å². The van der Waals surface area contributed by atoms with Gasteiger partial charge in [-0.3, -0.25) is 4.79 Å². The van der Waals surface area contributed by atoms with Gasteiger partial charge in [-0.25, -0.2) is 0 Å². The maximum absolute atomic E-state index is 12.7. The van der Waals surface area contributed by atoms with Crippen molar-refractivity contribution in [1.29, 1.82) is 0 Å². The molecule has 19 heavy (non-hydrogen) atoms. The summed E-state index contributed by atoms with van der Waals surface area (Å²) in [5.74, 6) is 0.115. The number of anilines is 1. The number of hydrogen-bond donors (Lipinski definition) is 1. The molecule has 3 rings (SSSR count). The smallest absolute Gasteiger partial charge is 0.172 e. The lowest BCUT2D eigenvalue weighted by Gasteiger charge is -2.15. The molecular formula is C17H17NO. The Morgan fingerprint density at radius 1 is 1.05 bits per heavy atom. The standard InChI is InChI=1S/C17H17NO/c1-11-7-9-13(10-8-11)17(19)16-12(2)18-15-6-4-3-5-14(15)16/h3-10,12,16,18H,1-2H3. The van der Waals surface area contributed by atoms with Gasteiger partial charge in [0, 0.05) is 17.3 Å². The minimum Gasteiger partial charge on any atom is -0.381 e. The minimum atomic E-state index is -0.0843. The summed E-state index contributed by atoms with van der Waals surface area (Å²) in [5, 5.41) is 3.39. The zero-order valence-corrected chi connectivity index (χ0v) is 11.2. The number of ketones is 1. The van der Waals surface area contributed by atoms with Gasteiger partial charge in [0.15, 0.2) is 5.78 Å². The zero-order valence-electron chi connectivity index (χ0n) is 11.2. The predicted molar refractivity (Wildman–Crippen MR) is 77.8 cm³/mol. The molecule has 0 saturated carbocycles. The topological polar surface area (TPSA) is 29.1 Å². The first-order valence-corrected chi connectivity index (χ1v) is 6.63. The molecule has 0 spiro atoms. The molecule has 1 aliphatic rings. The van der Waals surface area contributed by atoms with E-state index in [0.29, 0.717) is 0 Å². The third-order valence-corrected chi connectivity index (χ3v) is 3.80. The van der Waals surface area contributed by atoms with Crippen LogP contribution in [0.5, 0.6) is 0 Å². The lowest BCUT2D eigenvalue weighted by Crippen LogP contribution is -2.23. The Hall–Kier alpha value is -2.09. The number of carbonyl (C=O) groups excluding carboxylic acids is 1. The van der Waals surface area contributed by atoms with Crippen LogP contribution in [0.4, 0.5) is 5.69 Å². The number of fused-ring (bicyclic) bond motifs is 1. The van der Waals surface area contributed by atoms with Crippen LogP contribution < -0.4 is 5.32 Å². The highest BCUT2D eigenvalue weighted by molar-refractivity contribution is 6.03. The van der Waals surface area contributed by atoms with Crippen molar-refractivity contribution < 1.29 is 4.79 Å². The number of benzene rings is 2. The molecule has 0 amide bonds. The van der Waals surface area contributed by atoms with Gasteiger partial charge in [-0.15, -0.1) is 0 Å². The monoisotopic (exact) mass is 251 g/mol. The van der Waals surface area contributed by atoms with Gasteiger partial charge in [0.1, 0.15) is 0 Å². The number of Topliss-reactive ketones (excluding diaryl/α,β-unsaturated/α-hetero) is 1. The van der Waals surface area contributed by atoms with E-state index in [2.05, 4.69) is 12.2 Å². The molecule has 96 valence electrons. The Bertz CT molecular complexity index is 615. The van der Waals surface area contributed by atoms with Gasteiger partial charge >= 0.3 is 0 Å². The lowest BCUT2D eigenvalue weighted by atomic mass is 9.88. The van der Waals surface area contributed by atoms with Crippen molar-refractivity contribution in [2.45, 2.75) is 25.8 Å². The highest BCUT2D eigenvalue weighted by atomic mass is 16.1. The number of para-hydroxylation sites is 1. The van der Waals surface area contributed by atoms with E-state index in [-0.39, 0.29) is 17.7 Å². The maximum Gasteiger partial charge on any atom is 0.172 e. The summed E-state index contributed by atoms with van der Waals surface area (Å²) < 4.78 is 0. The van der Waals surface area contributed by atoms with Gasteiger partial charge in [0.25, 0.3) is 0 Å². The highest BCUT2D eigenvalue weighted by Gasteiger charge is 2.34. The van der Waals surface area contributed by atoms with Crippen LogP contribution in [0, 0.1) is 6.92 Å². The first-order chi connectivity index (χ1) is 9.16. The second-order valence-electron chi connectivity index (χ2n) is 5.23. The first kappa shape index (κ1) is 12.0. The average Bonchev–Trinajstić information content (AvgIpc) is 2.74. The molecular weight excluding hydrogens is 234 g/mol. The fraction of sp³-hybridized carbons (Fsp3) is 0.235. The van der Waals surface area contributed by atoms with E-state index in [9.17, 15) is 4.79 Å². The van der Waals surface area contributed by atoms with Crippen LogP contribution >= 0.6 is 0 Å². The van der Waals surface area contributed by atoms with E-state index in [0.717, 1.165) is 16.8 Å². The molecule has 2 atom stereocenters. The Labute approximate surface area is 113 Å². The van der Waals surface area contributed by atoms with E-state index in [1.807, 2.05) is 55.5 Å². The summed E-state index contributed by atoms with van der Waals surface area (Å²) in [4.78, 5) is 12.7. The molecule has 0 aliphatic carbocycles. The SMILES string of the molecule is Cc1ccc(C(=O)C2c3ccccc3NC2C)cc1. The fourth-order valence-electron chi connectivity index (χ4n) is 2.76. The van der Waals surface area contributed by atoms with Crippen molar-refractivity contribution in [2.75, 3.05) is 5.32 Å². The number of hydrogen-bond acceptors (Lipinski definition) is 2. The molecule has 0 bridgehead atoms. The normalized spacial score (nSPS) is 20.7. The average molecular weight is 251 g/mol. The maximum atomic E-state index is 12.7. The van der Waals surface area contributed by atoms with Crippen molar-refractivity contribution in [3.8, 4) is 0 Å². The van der Waals surface area contributed by atoms with E-state index >= 15 is 0 Å². The second kappa shape index (κ2) is 4.54. The predicted octanol–water partition coefficient (Wildman–Crippen LogP) is 3.78. The van der Waals surface area contributed by atoms with Crippen LogP contribution in [0.25, 0.3) is 0 Å². The van der Waals surface area contributed by atoms with Crippen molar-refractivity contribution in [2.24, 2.45) is 0 Å². The Morgan fingerprint density at radius 3 is 2.47 bits per heavy atom. The third-order valence-electron chi connectivity index (χ3n) is 3.80. The molecule has 2 nitrogen and oxygen atoms in total. The molecule has 2 aromatic rings. The van der Waals surface area contributed by atoms with Crippen LogP contribution in [-0.2, 0) is 0 Å². The molecule has 1 aliphatic heterocycles. The third kappa shape index (κ3) is 2.03. The Balaban J connectivity index is 1.98. The van der Waals surface area contributed by atoms with Gasteiger partial charge in [-0.1, -0.05) is 48.0 Å². The van der Waals surface area contributed by atoms with Crippen molar-refractivity contribution in [3.63, 3.8) is 0 Å². The lowest BCUT2D eigenvalue weighted by molar-refractivity contribution is 0.0956. The second-order valence-corrected chi connectivity index (χ2v) is 5.23. The first-order valence-electron chi connectivity index (χ1n) is 6.63. The number of nitrogens with one attached hydrogen (secondary N) is 1. The summed E-state index contributed by atoms with van der Waals surface area (Å²) in [7, 11) is 0. The molecule has 0 fully saturated rings. The van der Waals surface area contributed by atoms with Crippen LogP contribution in [0.3, 0.4) is 0 Å². The molecule has 0 radical (unpaired) electrons. The summed E-state index contributed by atoms with van der Waals surface area (Å²) in [6.45, 7) is 4.10. The quantitative estimate of drug-likeness (QED) is 0.823. The van der Waals surface area contributed by atoms with Crippen LogP contribution in [0.15, 0.2) is 48.5 Å². The molecule has 1 N–H and O–H groups in total. The summed E-state index contributed by atoms with van der Waals surface area (Å²) in [6.07, 6.45) is 0. The van der Waals surface area contributed by atoms with E-state index in [1.54, 1.807) is 0 Å². The molecule has 1 heterocycles. The van der Waals surface area contributed by atoms with Crippen LogP contribution in [0.2, 0.25) is 0 Å². The van der Waals surface area contributed by atoms with E-state index < -0.39 is 0 Å². The van der Waals surface area contributed by atoms with Crippen LogP contribution in [-0.4, -0.2) is 11.8 Å². The zero-order chi connectivity index (χ0) is 13.4. The van der Waals surface area contributed by atoms with Crippen molar-refractivity contribution >= 4 is 11.5 Å². The molecule has 2 heteroatoms. The van der Waals surface area contributed by atoms with Crippen LogP contribution in [0.1, 0.15) is 34.3 Å². The number of aryl methyl sites for hydroxylation is 1.